The molecule has 1 aromatic rings. The summed E-state index contributed by atoms with van der Waals surface area (Å²) in [6.45, 7) is 8.09. The molecule has 2 atom stereocenters. The lowest BCUT2D eigenvalue weighted by atomic mass is 9.81. The van der Waals surface area contributed by atoms with Gasteiger partial charge in [0.05, 0.1) is 6.10 Å². The maximum absolute atomic E-state index is 11.9. The van der Waals surface area contributed by atoms with Gasteiger partial charge in [-0.25, -0.2) is 0 Å². The van der Waals surface area contributed by atoms with Crippen molar-refractivity contribution in [1.29, 1.82) is 0 Å². The van der Waals surface area contributed by atoms with Crippen LogP contribution in [0.2, 0.25) is 0 Å². The number of nitrogens with one attached hydrogen (secondary N) is 1. The molecule has 116 valence electrons. The Kier molecular flexibility index (Phi) is 5.34. The van der Waals surface area contributed by atoms with E-state index in [1.54, 1.807) is 6.20 Å². The summed E-state index contributed by atoms with van der Waals surface area (Å²) in [6.07, 6.45) is 4.20. The van der Waals surface area contributed by atoms with Gasteiger partial charge in [-0.3, -0.25) is 9.78 Å². The van der Waals surface area contributed by atoms with E-state index in [1.807, 2.05) is 18.2 Å². The standard InChI is InChI=1S/C17H26N2O2/c1-17(2,3)16-13(9-11-21-16)12-19-15(20)8-7-14-6-4-5-10-18-14/h4-6,10,13,16H,7-9,11-12H2,1-3H3,(H,19,20)/t13-,16+/m1/s1. The molecule has 0 aliphatic carbocycles. The van der Waals surface area contributed by atoms with Crippen molar-refractivity contribution < 1.29 is 9.53 Å². The van der Waals surface area contributed by atoms with Gasteiger partial charge in [0, 0.05) is 37.4 Å². The number of amides is 1. The first-order valence-corrected chi connectivity index (χ1v) is 7.75. The van der Waals surface area contributed by atoms with Gasteiger partial charge in [-0.05, 0) is 30.4 Å². The maximum Gasteiger partial charge on any atom is 0.220 e. The lowest BCUT2D eigenvalue weighted by molar-refractivity contribution is -0.121. The number of aromatic nitrogens is 1. The molecule has 1 N–H and O–H groups in total. The van der Waals surface area contributed by atoms with Crippen molar-refractivity contribution in [3.63, 3.8) is 0 Å². The van der Waals surface area contributed by atoms with Gasteiger partial charge in [-0.2, -0.15) is 0 Å². The zero-order valence-corrected chi connectivity index (χ0v) is 13.3. The molecule has 1 amide bonds. The molecule has 1 aliphatic heterocycles. The summed E-state index contributed by atoms with van der Waals surface area (Å²) in [5.41, 5.74) is 1.09. The fraction of sp³-hybridized carbons (Fsp3) is 0.647. The fourth-order valence-corrected chi connectivity index (χ4v) is 2.92. The predicted octanol–water partition coefficient (Wildman–Crippen LogP) is 2.58. The van der Waals surface area contributed by atoms with Crippen molar-refractivity contribution in [3.8, 4) is 0 Å². The van der Waals surface area contributed by atoms with Crippen LogP contribution in [0.5, 0.6) is 0 Å². The van der Waals surface area contributed by atoms with Crippen LogP contribution in [0.15, 0.2) is 24.4 Å². The van der Waals surface area contributed by atoms with Crippen LogP contribution < -0.4 is 5.32 Å². The van der Waals surface area contributed by atoms with Crippen molar-refractivity contribution in [1.82, 2.24) is 10.3 Å². The summed E-state index contributed by atoms with van der Waals surface area (Å²) in [5, 5.41) is 3.05. The quantitative estimate of drug-likeness (QED) is 0.907. The molecule has 4 heteroatoms. The molecule has 1 aliphatic rings. The molecular formula is C17H26N2O2. The second-order valence-corrected chi connectivity index (χ2v) is 6.83. The third-order valence-electron chi connectivity index (χ3n) is 3.96. The van der Waals surface area contributed by atoms with Crippen LogP contribution in [0.4, 0.5) is 0 Å². The first kappa shape index (κ1) is 16.0. The largest absolute Gasteiger partial charge is 0.377 e. The highest BCUT2D eigenvalue weighted by molar-refractivity contribution is 5.76. The van der Waals surface area contributed by atoms with Crippen molar-refractivity contribution >= 4 is 5.91 Å². The Labute approximate surface area is 127 Å². The molecule has 21 heavy (non-hydrogen) atoms. The van der Waals surface area contributed by atoms with E-state index in [-0.39, 0.29) is 17.4 Å². The Balaban J connectivity index is 1.74. The van der Waals surface area contributed by atoms with Crippen LogP contribution in [0, 0.1) is 11.3 Å². The summed E-state index contributed by atoms with van der Waals surface area (Å²) in [6, 6.07) is 5.79. The van der Waals surface area contributed by atoms with Crippen LogP contribution in [0.1, 0.15) is 39.3 Å². The number of aryl methyl sites for hydroxylation is 1. The van der Waals surface area contributed by atoms with Crippen LogP contribution >= 0.6 is 0 Å². The number of ether oxygens (including phenoxy) is 1. The Morgan fingerprint density at radius 3 is 2.90 bits per heavy atom. The monoisotopic (exact) mass is 290 g/mol. The van der Waals surface area contributed by atoms with E-state index in [9.17, 15) is 4.79 Å². The molecule has 0 spiro atoms. The normalized spacial score (nSPS) is 22.2. The maximum atomic E-state index is 11.9. The van der Waals surface area contributed by atoms with Crippen molar-refractivity contribution in [3.05, 3.63) is 30.1 Å². The molecule has 4 nitrogen and oxygen atoms in total. The van der Waals surface area contributed by atoms with E-state index in [0.717, 1.165) is 18.7 Å². The third-order valence-corrected chi connectivity index (χ3v) is 3.96. The number of nitrogens with zero attached hydrogens (tertiary/aromatic N) is 1. The number of carbonyl (C=O) groups excluding carboxylic acids is 1. The van der Waals surface area contributed by atoms with Crippen LogP contribution in [-0.4, -0.2) is 30.1 Å². The van der Waals surface area contributed by atoms with Crippen LogP contribution in [-0.2, 0) is 16.0 Å². The minimum atomic E-state index is 0.0974. The molecule has 2 heterocycles. The van der Waals surface area contributed by atoms with Gasteiger partial charge in [0.15, 0.2) is 0 Å². The Hall–Kier alpha value is -1.42. The molecule has 0 unspecified atom stereocenters. The van der Waals surface area contributed by atoms with Crippen molar-refractivity contribution in [2.45, 2.75) is 46.1 Å². The minimum absolute atomic E-state index is 0.0974. The van der Waals surface area contributed by atoms with E-state index < -0.39 is 0 Å². The highest BCUT2D eigenvalue weighted by Crippen LogP contribution is 2.34. The third kappa shape index (κ3) is 4.81. The Morgan fingerprint density at radius 2 is 2.24 bits per heavy atom. The average molecular weight is 290 g/mol. The van der Waals surface area contributed by atoms with Gasteiger partial charge in [0.25, 0.3) is 0 Å². The van der Waals surface area contributed by atoms with Gasteiger partial charge < -0.3 is 10.1 Å². The van der Waals surface area contributed by atoms with Crippen molar-refractivity contribution in [2.24, 2.45) is 11.3 Å². The molecular weight excluding hydrogens is 264 g/mol. The minimum Gasteiger partial charge on any atom is -0.377 e. The zero-order valence-electron chi connectivity index (χ0n) is 13.3. The number of hydrogen-bond acceptors (Lipinski definition) is 3. The average Bonchev–Trinajstić information content (AvgIpc) is 2.92. The summed E-state index contributed by atoms with van der Waals surface area (Å²) in [7, 11) is 0. The van der Waals surface area contributed by atoms with E-state index >= 15 is 0 Å². The molecule has 0 aromatic carbocycles. The van der Waals surface area contributed by atoms with Gasteiger partial charge >= 0.3 is 0 Å². The molecule has 0 radical (unpaired) electrons. The van der Waals surface area contributed by atoms with E-state index in [4.69, 9.17) is 4.74 Å². The van der Waals surface area contributed by atoms with E-state index in [2.05, 4.69) is 31.1 Å². The SMILES string of the molecule is CC(C)(C)[C@H]1OCC[C@@H]1CNC(=O)CCc1ccccn1. The molecule has 0 saturated carbocycles. The summed E-state index contributed by atoms with van der Waals surface area (Å²) in [4.78, 5) is 16.2. The first-order valence-electron chi connectivity index (χ1n) is 7.75. The Morgan fingerprint density at radius 1 is 1.43 bits per heavy atom. The highest BCUT2D eigenvalue weighted by atomic mass is 16.5. The molecule has 1 saturated heterocycles. The summed E-state index contributed by atoms with van der Waals surface area (Å²) < 4.78 is 5.83. The van der Waals surface area contributed by atoms with Gasteiger partial charge in [-0.15, -0.1) is 0 Å². The van der Waals surface area contributed by atoms with Gasteiger partial charge in [0.1, 0.15) is 0 Å². The zero-order chi connectivity index (χ0) is 15.3. The smallest absolute Gasteiger partial charge is 0.220 e. The van der Waals surface area contributed by atoms with Crippen molar-refractivity contribution in [2.75, 3.05) is 13.2 Å². The van der Waals surface area contributed by atoms with Gasteiger partial charge in [-0.1, -0.05) is 26.8 Å². The van der Waals surface area contributed by atoms with Crippen LogP contribution in [0.3, 0.4) is 0 Å². The topological polar surface area (TPSA) is 51.2 Å². The summed E-state index contributed by atoms with van der Waals surface area (Å²) >= 11 is 0. The molecule has 0 bridgehead atoms. The second kappa shape index (κ2) is 7.03. The fourth-order valence-electron chi connectivity index (χ4n) is 2.92. The van der Waals surface area contributed by atoms with E-state index in [0.29, 0.717) is 25.3 Å². The lowest BCUT2D eigenvalue weighted by Crippen LogP contribution is -2.38. The first-order chi connectivity index (χ1) is 9.97. The number of rotatable bonds is 5. The van der Waals surface area contributed by atoms with Gasteiger partial charge in [0.2, 0.25) is 5.91 Å². The molecule has 2 rings (SSSR count). The summed E-state index contributed by atoms with van der Waals surface area (Å²) in [5.74, 6) is 0.518. The van der Waals surface area contributed by atoms with E-state index in [1.165, 1.54) is 0 Å². The molecule has 1 aromatic heterocycles. The number of carbonyl (C=O) groups is 1. The number of hydrogen-bond donors (Lipinski definition) is 1. The highest BCUT2D eigenvalue weighted by Gasteiger charge is 2.37. The Bertz CT molecular complexity index is 454. The second-order valence-electron chi connectivity index (χ2n) is 6.83. The number of pyridine rings is 1. The predicted molar refractivity (Wildman–Crippen MR) is 82.9 cm³/mol. The lowest BCUT2D eigenvalue weighted by Gasteiger charge is -2.31. The van der Waals surface area contributed by atoms with Crippen LogP contribution in [0.25, 0.3) is 0 Å². The molecule has 1 fully saturated rings.